The number of benzene rings is 2. The molecule has 0 aliphatic carbocycles. The van der Waals surface area contributed by atoms with Gasteiger partial charge in [-0.2, -0.15) is 0 Å². The van der Waals surface area contributed by atoms with Gasteiger partial charge in [0.05, 0.1) is 18.0 Å². The predicted molar refractivity (Wildman–Crippen MR) is 129 cm³/mol. The number of hydrogen-bond acceptors (Lipinski definition) is 5. The Kier molecular flexibility index (Phi) is 7.16. The fraction of sp³-hybridized carbons (Fsp3) is 0.160. The van der Waals surface area contributed by atoms with Crippen LogP contribution in [0.25, 0.3) is 22.5 Å². The number of hydrogen-bond donors (Lipinski definition) is 1. The molecular weight excluding hydrogens is 439 g/mol. The zero-order valence-corrected chi connectivity index (χ0v) is 19.1. The number of methoxy groups -OCH3 is 1. The normalized spacial score (nSPS) is 10.9. The number of carbonyl (C=O) groups excluding carboxylic acids is 1. The van der Waals surface area contributed by atoms with E-state index in [1.54, 1.807) is 37.6 Å². The van der Waals surface area contributed by atoms with Crippen LogP contribution in [0.2, 0.25) is 0 Å². The Hall–Kier alpha value is -3.49. The second kappa shape index (κ2) is 10.4. The third-order valence-corrected chi connectivity index (χ3v) is 5.74. The van der Waals surface area contributed by atoms with Crippen molar-refractivity contribution in [1.82, 2.24) is 14.5 Å². The SMILES string of the molecule is COCCn1c(SC)nc(-c2ccc(F)cc2)c1-c1ccnc(NC(=O)c2ccccc2)c1. The third kappa shape index (κ3) is 5.13. The van der Waals surface area contributed by atoms with Crippen LogP contribution in [0, 0.1) is 5.82 Å². The van der Waals surface area contributed by atoms with Gasteiger partial charge < -0.3 is 14.6 Å². The molecule has 0 spiro atoms. The minimum Gasteiger partial charge on any atom is -0.383 e. The van der Waals surface area contributed by atoms with Crippen LogP contribution in [0.1, 0.15) is 10.4 Å². The molecule has 6 nitrogen and oxygen atoms in total. The number of ether oxygens (including phenoxy) is 1. The highest BCUT2D eigenvalue weighted by Crippen LogP contribution is 2.36. The molecule has 0 aliphatic heterocycles. The molecule has 4 rings (SSSR count). The first kappa shape index (κ1) is 22.7. The summed E-state index contributed by atoms with van der Waals surface area (Å²) in [5.74, 6) is -0.118. The Balaban J connectivity index is 1.78. The zero-order valence-electron chi connectivity index (χ0n) is 18.3. The highest BCUT2D eigenvalue weighted by Gasteiger charge is 2.20. The number of anilines is 1. The zero-order chi connectivity index (χ0) is 23.2. The molecule has 0 aliphatic rings. The maximum absolute atomic E-state index is 13.6. The number of thioether (sulfide) groups is 1. The number of rotatable bonds is 8. The van der Waals surface area contributed by atoms with E-state index in [2.05, 4.69) is 14.9 Å². The van der Waals surface area contributed by atoms with Crippen molar-refractivity contribution in [2.75, 3.05) is 25.3 Å². The summed E-state index contributed by atoms with van der Waals surface area (Å²) in [7, 11) is 1.65. The summed E-state index contributed by atoms with van der Waals surface area (Å²) >= 11 is 1.52. The molecule has 1 N–H and O–H groups in total. The number of nitrogens with zero attached hydrogens (tertiary/aromatic N) is 3. The number of imidazole rings is 1. The van der Waals surface area contributed by atoms with E-state index in [-0.39, 0.29) is 11.7 Å². The molecule has 0 saturated heterocycles. The van der Waals surface area contributed by atoms with Gasteiger partial charge in [0.1, 0.15) is 11.6 Å². The largest absolute Gasteiger partial charge is 0.383 e. The number of pyridine rings is 1. The quantitative estimate of drug-likeness (QED) is 0.357. The van der Waals surface area contributed by atoms with Crippen molar-refractivity contribution in [3.05, 3.63) is 84.3 Å². The Bertz CT molecular complexity index is 1240. The van der Waals surface area contributed by atoms with E-state index in [0.29, 0.717) is 24.5 Å². The first-order valence-corrected chi connectivity index (χ1v) is 11.6. The van der Waals surface area contributed by atoms with E-state index in [4.69, 9.17) is 9.72 Å². The van der Waals surface area contributed by atoms with Crippen LogP contribution in [0.5, 0.6) is 0 Å². The van der Waals surface area contributed by atoms with Gasteiger partial charge in [-0.25, -0.2) is 14.4 Å². The topological polar surface area (TPSA) is 69.0 Å². The average Bonchev–Trinajstić information content (AvgIpc) is 3.22. The van der Waals surface area contributed by atoms with Gasteiger partial charge in [-0.05, 0) is 54.8 Å². The monoisotopic (exact) mass is 462 g/mol. The molecule has 33 heavy (non-hydrogen) atoms. The summed E-state index contributed by atoms with van der Waals surface area (Å²) in [5, 5.41) is 3.67. The number of nitrogens with one attached hydrogen (secondary N) is 1. The third-order valence-electron chi connectivity index (χ3n) is 5.06. The molecule has 4 aromatic rings. The number of amides is 1. The van der Waals surface area contributed by atoms with Crippen molar-refractivity contribution >= 4 is 23.5 Å². The Labute approximate surface area is 195 Å². The van der Waals surface area contributed by atoms with Crippen molar-refractivity contribution in [2.24, 2.45) is 0 Å². The molecule has 168 valence electrons. The van der Waals surface area contributed by atoms with Gasteiger partial charge in [0.15, 0.2) is 5.16 Å². The molecule has 2 aromatic carbocycles. The summed E-state index contributed by atoms with van der Waals surface area (Å²) in [4.78, 5) is 21.8. The lowest BCUT2D eigenvalue weighted by molar-refractivity contribution is 0.102. The van der Waals surface area contributed by atoms with Gasteiger partial charge in [-0.3, -0.25) is 4.79 Å². The molecule has 0 fully saturated rings. The number of aromatic nitrogens is 3. The molecular formula is C25H23FN4O2S. The van der Waals surface area contributed by atoms with Gasteiger partial charge in [0.2, 0.25) is 0 Å². The van der Waals surface area contributed by atoms with Crippen LogP contribution < -0.4 is 5.32 Å². The minimum atomic E-state index is -0.306. The van der Waals surface area contributed by atoms with Crippen LogP contribution >= 0.6 is 11.8 Å². The lowest BCUT2D eigenvalue weighted by atomic mass is 10.1. The van der Waals surface area contributed by atoms with Gasteiger partial charge in [-0.15, -0.1) is 0 Å². The lowest BCUT2D eigenvalue weighted by Crippen LogP contribution is -2.13. The van der Waals surface area contributed by atoms with Crippen LogP contribution in [-0.2, 0) is 11.3 Å². The highest BCUT2D eigenvalue weighted by molar-refractivity contribution is 7.98. The molecule has 0 radical (unpaired) electrons. The smallest absolute Gasteiger partial charge is 0.256 e. The van der Waals surface area contributed by atoms with Crippen LogP contribution in [0.15, 0.2) is 78.1 Å². The summed E-state index contributed by atoms with van der Waals surface area (Å²) in [5.41, 5.74) is 3.75. The van der Waals surface area contributed by atoms with Gasteiger partial charge >= 0.3 is 0 Å². The number of carbonyl (C=O) groups is 1. The van der Waals surface area contributed by atoms with E-state index in [9.17, 15) is 9.18 Å². The number of halogens is 1. The molecule has 1 amide bonds. The van der Waals surface area contributed by atoms with Crippen molar-refractivity contribution < 1.29 is 13.9 Å². The Morgan fingerprint density at radius 3 is 2.55 bits per heavy atom. The van der Waals surface area contributed by atoms with Crippen LogP contribution in [-0.4, -0.2) is 40.4 Å². The van der Waals surface area contributed by atoms with Crippen molar-refractivity contribution in [2.45, 2.75) is 11.7 Å². The molecule has 0 bridgehead atoms. The standard InChI is InChI=1S/C25H23FN4O2S/c1-32-15-14-30-23(22(29-25(30)33-2)17-8-10-20(26)11-9-17)19-12-13-27-21(16-19)28-24(31)18-6-4-3-5-7-18/h3-13,16H,14-15H2,1-2H3,(H,27,28,31). The fourth-order valence-electron chi connectivity index (χ4n) is 3.50. The summed E-state index contributed by atoms with van der Waals surface area (Å²) in [6, 6.07) is 18.9. The average molecular weight is 463 g/mol. The first-order valence-electron chi connectivity index (χ1n) is 10.3. The van der Waals surface area contributed by atoms with Crippen molar-refractivity contribution in [3.63, 3.8) is 0 Å². The van der Waals surface area contributed by atoms with E-state index < -0.39 is 0 Å². The van der Waals surface area contributed by atoms with E-state index in [1.165, 1.54) is 23.9 Å². The van der Waals surface area contributed by atoms with E-state index in [0.717, 1.165) is 27.7 Å². The summed E-state index contributed by atoms with van der Waals surface area (Å²) < 4.78 is 21.0. The molecule has 2 heterocycles. The van der Waals surface area contributed by atoms with Crippen LogP contribution in [0.3, 0.4) is 0 Å². The lowest BCUT2D eigenvalue weighted by Gasteiger charge is -2.13. The molecule has 8 heteroatoms. The van der Waals surface area contributed by atoms with Crippen molar-refractivity contribution in [1.29, 1.82) is 0 Å². The van der Waals surface area contributed by atoms with E-state index >= 15 is 0 Å². The summed E-state index contributed by atoms with van der Waals surface area (Å²) in [6.07, 6.45) is 3.61. The van der Waals surface area contributed by atoms with Gasteiger partial charge in [0.25, 0.3) is 5.91 Å². The Morgan fingerprint density at radius 1 is 1.09 bits per heavy atom. The predicted octanol–water partition coefficient (Wildman–Crippen LogP) is 5.37. The maximum Gasteiger partial charge on any atom is 0.256 e. The molecule has 0 saturated carbocycles. The molecule has 0 atom stereocenters. The van der Waals surface area contributed by atoms with Gasteiger partial charge in [0, 0.05) is 36.5 Å². The maximum atomic E-state index is 13.6. The van der Waals surface area contributed by atoms with E-state index in [1.807, 2.05) is 36.6 Å². The van der Waals surface area contributed by atoms with Crippen LogP contribution in [0.4, 0.5) is 10.2 Å². The highest BCUT2D eigenvalue weighted by atomic mass is 32.2. The summed E-state index contributed by atoms with van der Waals surface area (Å²) in [6.45, 7) is 1.09. The van der Waals surface area contributed by atoms with Gasteiger partial charge in [-0.1, -0.05) is 30.0 Å². The first-order chi connectivity index (χ1) is 16.1. The minimum absolute atomic E-state index is 0.239. The Morgan fingerprint density at radius 2 is 1.85 bits per heavy atom. The second-order valence-corrected chi connectivity index (χ2v) is 7.97. The molecule has 0 unspecified atom stereocenters. The second-order valence-electron chi connectivity index (χ2n) is 7.20. The molecule has 2 aromatic heterocycles. The van der Waals surface area contributed by atoms with Crippen molar-refractivity contribution in [3.8, 4) is 22.5 Å². The fourth-order valence-corrected chi connectivity index (χ4v) is 4.09.